The van der Waals surface area contributed by atoms with Gasteiger partial charge in [0.05, 0.1) is 12.0 Å². The van der Waals surface area contributed by atoms with Crippen molar-refractivity contribution in [3.63, 3.8) is 0 Å². The number of rotatable bonds is 4. The molecule has 0 saturated carbocycles. The van der Waals surface area contributed by atoms with Crippen molar-refractivity contribution in [1.29, 1.82) is 0 Å². The lowest BCUT2D eigenvalue weighted by molar-refractivity contribution is -0.116. The van der Waals surface area contributed by atoms with E-state index < -0.39 is 0 Å². The van der Waals surface area contributed by atoms with Crippen molar-refractivity contribution in [1.82, 2.24) is 9.55 Å². The number of carbonyl (C=O) groups excluding carboxylic acids is 1. The van der Waals surface area contributed by atoms with Crippen LogP contribution in [-0.2, 0) is 11.3 Å². The number of carbonyl (C=O) groups is 1. The minimum Gasteiger partial charge on any atom is -0.324 e. The van der Waals surface area contributed by atoms with Gasteiger partial charge in [-0.3, -0.25) is 14.2 Å². The second-order valence-electron chi connectivity index (χ2n) is 6.11. The molecule has 3 aromatic rings. The van der Waals surface area contributed by atoms with Crippen molar-refractivity contribution in [2.75, 3.05) is 5.32 Å². The fourth-order valence-electron chi connectivity index (χ4n) is 2.62. The third-order valence-electron chi connectivity index (χ3n) is 3.99. The predicted molar refractivity (Wildman–Crippen MR) is 98.4 cm³/mol. The second-order valence-corrected chi connectivity index (χ2v) is 6.11. The van der Waals surface area contributed by atoms with Gasteiger partial charge in [-0.25, -0.2) is 9.37 Å². The van der Waals surface area contributed by atoms with E-state index in [1.54, 1.807) is 12.1 Å². The highest BCUT2D eigenvalue weighted by molar-refractivity contribution is 5.91. The lowest BCUT2D eigenvalue weighted by Crippen LogP contribution is -2.27. The van der Waals surface area contributed by atoms with E-state index >= 15 is 0 Å². The van der Waals surface area contributed by atoms with Crippen LogP contribution in [0.4, 0.5) is 10.1 Å². The first-order chi connectivity index (χ1) is 12.4. The monoisotopic (exact) mass is 351 g/mol. The molecule has 0 saturated heterocycles. The maximum absolute atomic E-state index is 13.0. The number of hydrogen-bond donors (Lipinski definition) is 1. The van der Waals surface area contributed by atoms with Crippen LogP contribution in [0.25, 0.3) is 11.3 Å². The predicted octanol–water partition coefficient (Wildman–Crippen LogP) is 3.30. The normalized spacial score (nSPS) is 10.6. The number of amides is 1. The topological polar surface area (TPSA) is 64.0 Å². The molecule has 3 rings (SSSR count). The Balaban J connectivity index is 1.74. The summed E-state index contributed by atoms with van der Waals surface area (Å²) in [4.78, 5) is 28.7. The number of anilines is 1. The van der Waals surface area contributed by atoms with Crippen molar-refractivity contribution in [3.8, 4) is 11.3 Å². The van der Waals surface area contributed by atoms with E-state index in [2.05, 4.69) is 10.3 Å². The largest absolute Gasteiger partial charge is 0.324 e. The summed E-state index contributed by atoms with van der Waals surface area (Å²) in [5.41, 5.74) is 3.49. The van der Waals surface area contributed by atoms with Gasteiger partial charge in [0.15, 0.2) is 0 Å². The fourth-order valence-corrected chi connectivity index (χ4v) is 2.62. The lowest BCUT2D eigenvalue weighted by Gasteiger charge is -2.10. The summed E-state index contributed by atoms with van der Waals surface area (Å²) in [7, 11) is 0. The summed E-state index contributed by atoms with van der Waals surface area (Å²) in [5, 5.41) is 2.80. The summed E-state index contributed by atoms with van der Waals surface area (Å²) in [6, 6.07) is 12.8. The Kier molecular flexibility index (Phi) is 4.93. The zero-order valence-corrected chi connectivity index (χ0v) is 14.5. The van der Waals surface area contributed by atoms with E-state index in [1.807, 2.05) is 32.0 Å². The molecule has 26 heavy (non-hydrogen) atoms. The van der Waals surface area contributed by atoms with Gasteiger partial charge in [-0.15, -0.1) is 0 Å². The van der Waals surface area contributed by atoms with Crippen molar-refractivity contribution < 1.29 is 9.18 Å². The first-order valence-electron chi connectivity index (χ1n) is 8.12. The average Bonchev–Trinajstić information content (AvgIpc) is 2.60. The van der Waals surface area contributed by atoms with Crippen LogP contribution < -0.4 is 10.9 Å². The molecule has 1 heterocycles. The molecule has 1 amide bonds. The Morgan fingerprint density at radius 2 is 1.85 bits per heavy atom. The molecule has 0 spiro atoms. The molecular formula is C20H18FN3O2. The molecule has 0 radical (unpaired) electrons. The lowest BCUT2D eigenvalue weighted by atomic mass is 10.1. The zero-order valence-electron chi connectivity index (χ0n) is 14.5. The van der Waals surface area contributed by atoms with Crippen LogP contribution in [0.15, 0.2) is 59.7 Å². The quantitative estimate of drug-likeness (QED) is 0.784. The number of nitrogens with zero attached hydrogens (tertiary/aromatic N) is 2. The Morgan fingerprint density at radius 3 is 2.50 bits per heavy atom. The van der Waals surface area contributed by atoms with Gasteiger partial charge in [0.1, 0.15) is 12.4 Å². The van der Waals surface area contributed by atoms with E-state index in [0.29, 0.717) is 16.9 Å². The molecular weight excluding hydrogens is 333 g/mol. The third kappa shape index (κ3) is 4.03. The maximum Gasteiger partial charge on any atom is 0.254 e. The molecule has 5 nitrogen and oxygen atoms in total. The molecule has 0 bridgehead atoms. The van der Waals surface area contributed by atoms with E-state index in [-0.39, 0.29) is 23.8 Å². The number of halogens is 1. The number of nitrogens with one attached hydrogen (secondary N) is 1. The fraction of sp³-hybridized carbons (Fsp3) is 0.150. The Labute approximate surface area is 150 Å². The first kappa shape index (κ1) is 17.5. The van der Waals surface area contributed by atoms with Crippen LogP contribution in [0.1, 0.15) is 11.1 Å². The Bertz CT molecular complexity index is 1010. The molecule has 0 fully saturated rings. The minimum atomic E-state index is -0.356. The SMILES string of the molecule is Cc1ccc(NC(=O)Cn2cnc(-c3ccc(F)cc3)cc2=O)c(C)c1. The number of aryl methyl sites for hydroxylation is 2. The molecule has 0 atom stereocenters. The molecule has 2 aromatic carbocycles. The van der Waals surface area contributed by atoms with Crippen molar-refractivity contribution in [2.24, 2.45) is 0 Å². The van der Waals surface area contributed by atoms with E-state index in [1.165, 1.54) is 29.1 Å². The van der Waals surface area contributed by atoms with Gasteiger partial charge < -0.3 is 5.32 Å². The van der Waals surface area contributed by atoms with Gasteiger partial charge in [-0.2, -0.15) is 0 Å². The summed E-state index contributed by atoms with van der Waals surface area (Å²) in [6.45, 7) is 3.75. The molecule has 0 unspecified atom stereocenters. The summed E-state index contributed by atoms with van der Waals surface area (Å²) in [6.07, 6.45) is 1.32. The van der Waals surface area contributed by atoms with E-state index in [4.69, 9.17) is 0 Å². The first-order valence-corrected chi connectivity index (χ1v) is 8.12. The van der Waals surface area contributed by atoms with E-state index in [9.17, 15) is 14.0 Å². The molecule has 0 aliphatic heterocycles. The Morgan fingerprint density at radius 1 is 1.12 bits per heavy atom. The minimum absolute atomic E-state index is 0.136. The number of hydrogen-bond acceptors (Lipinski definition) is 3. The van der Waals surface area contributed by atoms with Gasteiger partial charge in [0, 0.05) is 17.3 Å². The number of aromatic nitrogens is 2. The van der Waals surface area contributed by atoms with Gasteiger partial charge in [0.2, 0.25) is 5.91 Å². The van der Waals surface area contributed by atoms with Gasteiger partial charge in [-0.1, -0.05) is 17.7 Å². The third-order valence-corrected chi connectivity index (χ3v) is 3.99. The van der Waals surface area contributed by atoms with Gasteiger partial charge in [-0.05, 0) is 49.7 Å². The van der Waals surface area contributed by atoms with Crippen LogP contribution in [0.3, 0.4) is 0 Å². The van der Waals surface area contributed by atoms with Gasteiger partial charge >= 0.3 is 0 Å². The Hall–Kier alpha value is -3.28. The summed E-state index contributed by atoms with van der Waals surface area (Å²) < 4.78 is 14.2. The highest BCUT2D eigenvalue weighted by Crippen LogP contribution is 2.16. The smallest absolute Gasteiger partial charge is 0.254 e. The molecule has 1 aromatic heterocycles. The van der Waals surface area contributed by atoms with Gasteiger partial charge in [0.25, 0.3) is 5.56 Å². The molecule has 0 aliphatic rings. The second kappa shape index (κ2) is 7.31. The molecule has 132 valence electrons. The molecule has 0 aliphatic carbocycles. The highest BCUT2D eigenvalue weighted by Gasteiger charge is 2.09. The maximum atomic E-state index is 13.0. The van der Waals surface area contributed by atoms with Crippen molar-refractivity contribution in [2.45, 2.75) is 20.4 Å². The van der Waals surface area contributed by atoms with Crippen LogP contribution in [0.2, 0.25) is 0 Å². The average molecular weight is 351 g/mol. The summed E-state index contributed by atoms with van der Waals surface area (Å²) in [5.74, 6) is -0.666. The van der Waals surface area contributed by atoms with Crippen LogP contribution in [0, 0.1) is 19.7 Å². The van der Waals surface area contributed by atoms with Crippen molar-refractivity contribution >= 4 is 11.6 Å². The van der Waals surface area contributed by atoms with Crippen LogP contribution in [0.5, 0.6) is 0 Å². The molecule has 1 N–H and O–H groups in total. The van der Waals surface area contributed by atoms with Crippen LogP contribution >= 0.6 is 0 Å². The highest BCUT2D eigenvalue weighted by atomic mass is 19.1. The zero-order chi connectivity index (χ0) is 18.7. The van der Waals surface area contributed by atoms with E-state index in [0.717, 1.165) is 11.1 Å². The standard InChI is InChI=1S/C20H18FN3O2/c1-13-3-8-17(14(2)9-13)23-19(25)11-24-12-22-18(10-20(24)26)15-4-6-16(21)7-5-15/h3-10,12H,11H2,1-2H3,(H,23,25). The summed E-state index contributed by atoms with van der Waals surface area (Å²) >= 11 is 0. The molecule has 6 heteroatoms. The van der Waals surface area contributed by atoms with Crippen molar-refractivity contribution in [3.05, 3.63) is 82.2 Å². The number of benzene rings is 2. The van der Waals surface area contributed by atoms with Crippen LogP contribution in [-0.4, -0.2) is 15.5 Å².